The van der Waals surface area contributed by atoms with E-state index in [0.717, 1.165) is 0 Å². The zero-order valence-electron chi connectivity index (χ0n) is 2.41. The van der Waals surface area contributed by atoms with Crippen LogP contribution in [0, 0.1) is 0 Å². The lowest BCUT2D eigenvalue weighted by Crippen LogP contribution is -1.73. The molecule has 0 heterocycles. The molecule has 6 radical (unpaired) electrons. The van der Waals surface area contributed by atoms with E-state index in [-0.39, 0.29) is 0 Å². The van der Waals surface area contributed by atoms with Gasteiger partial charge in [-0.3, -0.25) is 0 Å². The lowest BCUT2D eigenvalue weighted by atomic mass is 11.2. The molecule has 0 nitrogen and oxygen atoms in total. The van der Waals surface area contributed by atoms with Crippen LogP contribution in [0.4, 0.5) is 0 Å². The molecule has 0 N–H and O–H groups in total. The van der Waals surface area contributed by atoms with E-state index in [0.29, 0.717) is 4.82 Å². The van der Waals surface area contributed by atoms with Crippen LogP contribution in [0.3, 0.4) is 0 Å². The van der Waals surface area contributed by atoms with Gasteiger partial charge < -0.3 is 0 Å². The van der Waals surface area contributed by atoms with Crippen molar-refractivity contribution in [2.75, 3.05) is 0 Å². The summed E-state index contributed by atoms with van der Waals surface area (Å²) in [6, 6.07) is 0. The first-order valence-electron chi connectivity index (χ1n) is 0.954. The van der Waals surface area contributed by atoms with Crippen molar-refractivity contribution in [1.82, 2.24) is 0 Å². The maximum Gasteiger partial charge on any atom is 0.0706 e. The van der Waals surface area contributed by atoms with Crippen molar-refractivity contribution < 1.29 is 0 Å². The van der Waals surface area contributed by atoms with Crippen molar-refractivity contribution >= 4 is 37.7 Å². The molecular formula is C2SSi2. The molecule has 0 aliphatic heterocycles. The number of hydrogen-bond acceptors (Lipinski definition) is 1. The normalized spacial score (nSPS) is 6.00. The van der Waals surface area contributed by atoms with E-state index in [1.807, 2.05) is 0 Å². The molecular weight excluding hydrogens is 112 g/mol. The van der Waals surface area contributed by atoms with Crippen LogP contribution in [0.25, 0.3) is 0 Å². The van der Waals surface area contributed by atoms with Gasteiger partial charge in [0.1, 0.15) is 0 Å². The first kappa shape index (κ1) is 5.30. The second-order valence-corrected chi connectivity index (χ2v) is 2.18. The minimum absolute atomic E-state index is 0.681. The third-order valence-corrected chi connectivity index (χ3v) is 0.919. The first-order chi connectivity index (χ1) is 2.27. The van der Waals surface area contributed by atoms with Crippen LogP contribution >= 0.6 is 12.2 Å². The van der Waals surface area contributed by atoms with Gasteiger partial charge in [0.05, 0.1) is 20.5 Å². The Morgan fingerprint density at radius 2 is 1.80 bits per heavy atom. The zero-order valence-corrected chi connectivity index (χ0v) is 5.22. The van der Waals surface area contributed by atoms with Gasteiger partial charge in [0.15, 0.2) is 0 Å². The molecule has 0 saturated heterocycles. The Morgan fingerprint density at radius 3 is 1.80 bits per heavy atom. The Labute approximate surface area is 43.1 Å². The molecule has 5 heavy (non-hydrogen) atoms. The summed E-state index contributed by atoms with van der Waals surface area (Å²) >= 11 is 4.29. The quantitative estimate of drug-likeness (QED) is 0.308. The van der Waals surface area contributed by atoms with Gasteiger partial charge in [0, 0.05) is 0 Å². The van der Waals surface area contributed by atoms with Gasteiger partial charge in [0.25, 0.3) is 0 Å². The van der Waals surface area contributed by atoms with E-state index >= 15 is 0 Å². The Kier molecular flexibility index (Phi) is 2.69. The molecule has 0 fully saturated rings. The van der Waals surface area contributed by atoms with Crippen LogP contribution in [0.15, 0.2) is 4.82 Å². The van der Waals surface area contributed by atoms with Crippen molar-refractivity contribution in [3.05, 3.63) is 4.82 Å². The van der Waals surface area contributed by atoms with Crippen LogP contribution in [0.5, 0.6) is 0 Å². The highest BCUT2D eigenvalue weighted by molar-refractivity contribution is 7.78. The number of rotatable bonds is 0. The highest BCUT2D eigenvalue weighted by Gasteiger charge is 1.61. The average molecular weight is 112 g/mol. The van der Waals surface area contributed by atoms with Gasteiger partial charge in [-0.2, -0.15) is 0 Å². The van der Waals surface area contributed by atoms with Crippen LogP contribution in [0.1, 0.15) is 0 Å². The van der Waals surface area contributed by atoms with E-state index in [1.54, 1.807) is 0 Å². The first-order valence-corrected chi connectivity index (χ1v) is 2.36. The van der Waals surface area contributed by atoms with Crippen LogP contribution in [-0.2, 0) is 0 Å². The Balaban J connectivity index is 3.60. The molecule has 0 aliphatic rings. The minimum Gasteiger partial charge on any atom is -0.0573 e. The van der Waals surface area contributed by atoms with Crippen molar-refractivity contribution in [1.29, 1.82) is 0 Å². The van der Waals surface area contributed by atoms with E-state index < -0.39 is 0 Å². The molecule has 0 unspecified atom stereocenters. The average Bonchev–Trinajstić information content (AvgIpc) is 1.38. The summed E-state index contributed by atoms with van der Waals surface area (Å²) in [4.78, 5) is 0.681. The van der Waals surface area contributed by atoms with Gasteiger partial charge in [0.2, 0.25) is 0 Å². The molecule has 0 aromatic heterocycles. The van der Waals surface area contributed by atoms with Crippen LogP contribution in [0.2, 0.25) is 0 Å². The smallest absolute Gasteiger partial charge is 0.0573 e. The summed E-state index contributed by atoms with van der Waals surface area (Å²) in [6.07, 6.45) is 0. The van der Waals surface area contributed by atoms with E-state index in [4.69, 9.17) is 0 Å². The molecule has 0 amide bonds. The highest BCUT2D eigenvalue weighted by Crippen LogP contribution is 1.57. The Bertz CT molecular complexity index is 67.7. The summed E-state index contributed by atoms with van der Waals surface area (Å²) < 4.78 is 0. The monoisotopic (exact) mass is 112 g/mol. The number of hydrogen-bond donors (Lipinski definition) is 0. The van der Waals surface area contributed by atoms with E-state index in [1.165, 1.54) is 0 Å². The fourth-order valence-electron chi connectivity index (χ4n) is 0. The third kappa shape index (κ3) is 4.30. The highest BCUT2D eigenvalue weighted by atomic mass is 32.1. The molecule has 0 rings (SSSR count). The molecule has 22 valence electrons. The van der Waals surface area contributed by atoms with Crippen molar-refractivity contribution in [3.8, 4) is 0 Å². The van der Waals surface area contributed by atoms with E-state index in [2.05, 4.69) is 37.7 Å². The predicted molar refractivity (Wildman–Crippen MR) is 27.6 cm³/mol. The maximum absolute atomic E-state index is 4.29. The van der Waals surface area contributed by atoms with Gasteiger partial charge in [-0.1, -0.05) is 9.84 Å². The van der Waals surface area contributed by atoms with Gasteiger partial charge in [-0.25, -0.2) is 0 Å². The largest absolute Gasteiger partial charge is 0.0706 e. The molecule has 0 aromatic rings. The predicted octanol–water partition coefficient (Wildman–Crippen LogP) is -0.237. The molecule has 0 aliphatic carbocycles. The summed E-state index contributed by atoms with van der Waals surface area (Å²) in [5.74, 6) is 0. The topological polar surface area (TPSA) is 0 Å². The fourth-order valence-corrected chi connectivity index (χ4v) is 0. The lowest BCUT2D eigenvalue weighted by molar-refractivity contribution is 2.65. The Morgan fingerprint density at radius 1 is 1.60 bits per heavy atom. The zero-order chi connectivity index (χ0) is 4.28. The lowest BCUT2D eigenvalue weighted by Gasteiger charge is -1.63. The summed E-state index contributed by atoms with van der Waals surface area (Å²) in [7, 11) is 6.06. The van der Waals surface area contributed by atoms with E-state index in [9.17, 15) is 0 Å². The fraction of sp³-hybridized carbons (Fsp3) is 0. The molecule has 0 aromatic carbocycles. The molecule has 0 saturated carbocycles. The van der Waals surface area contributed by atoms with Crippen molar-refractivity contribution in [2.24, 2.45) is 0 Å². The Hall–Kier alpha value is 0.304. The summed E-state index contributed by atoms with van der Waals surface area (Å²) in [5.41, 5.74) is 0. The molecule has 0 bridgehead atoms. The van der Waals surface area contributed by atoms with Gasteiger partial charge >= 0.3 is 0 Å². The third-order valence-electron chi connectivity index (χ3n) is 0.102. The SMILES string of the molecule is [Si]C([Si])=C=S. The van der Waals surface area contributed by atoms with Gasteiger partial charge in [-0.15, -0.1) is 0 Å². The summed E-state index contributed by atoms with van der Waals surface area (Å²) in [5, 5.41) is 2.35. The van der Waals surface area contributed by atoms with Gasteiger partial charge in [-0.05, 0) is 12.2 Å². The molecule has 0 atom stereocenters. The van der Waals surface area contributed by atoms with Crippen LogP contribution in [-0.4, -0.2) is 25.5 Å². The second-order valence-electron chi connectivity index (χ2n) is 0.477. The minimum atomic E-state index is 0.681. The maximum atomic E-state index is 4.29. The second kappa shape index (κ2) is 2.54. The molecule has 0 spiro atoms. The van der Waals surface area contributed by atoms with Crippen molar-refractivity contribution in [2.45, 2.75) is 0 Å². The van der Waals surface area contributed by atoms with Crippen LogP contribution < -0.4 is 0 Å². The summed E-state index contributed by atoms with van der Waals surface area (Å²) in [6.45, 7) is 0. The molecule has 3 heteroatoms. The van der Waals surface area contributed by atoms with Crippen molar-refractivity contribution in [3.63, 3.8) is 0 Å². The number of thiocarbonyl (C=S) groups is 1. The standard InChI is InChI=1S/C2SSi2/c3-1-2(4)5.